The largest absolute Gasteiger partial charge is 0.369 e. The minimum atomic E-state index is -0.350. The molecule has 20 heavy (non-hydrogen) atoms. The Morgan fingerprint density at radius 1 is 1.20 bits per heavy atom. The molecule has 1 aromatic carbocycles. The summed E-state index contributed by atoms with van der Waals surface area (Å²) < 4.78 is 1.34. The number of hydrogen-bond donors (Lipinski definition) is 2. The Morgan fingerprint density at radius 3 is 2.75 bits per heavy atom. The molecule has 0 atom stereocenters. The predicted molar refractivity (Wildman–Crippen MR) is 71.2 cm³/mol. The number of rotatable bonds is 4. The lowest BCUT2D eigenvalue weighted by molar-refractivity contribution is -0.117. The summed E-state index contributed by atoms with van der Waals surface area (Å²) in [7, 11) is 0. The maximum atomic E-state index is 10.8. The highest BCUT2D eigenvalue weighted by molar-refractivity contribution is 5.76. The molecular weight excluding hydrogens is 258 g/mol. The quantitative estimate of drug-likeness (QED) is 0.704. The molecule has 8 nitrogen and oxygen atoms in total. The maximum absolute atomic E-state index is 10.8. The first kappa shape index (κ1) is 12.0. The third kappa shape index (κ3) is 2.53. The van der Waals surface area contributed by atoms with Gasteiger partial charge in [0, 0.05) is 5.69 Å². The predicted octanol–water partition coefficient (Wildman–Crippen LogP) is 0.291. The van der Waals surface area contributed by atoms with E-state index in [2.05, 4.69) is 25.9 Å². The topological polar surface area (TPSA) is 111 Å². The minimum absolute atomic E-state index is 0.231. The van der Waals surface area contributed by atoms with Crippen molar-refractivity contribution < 1.29 is 4.79 Å². The third-order valence-corrected chi connectivity index (χ3v) is 2.67. The van der Waals surface area contributed by atoms with Crippen molar-refractivity contribution in [2.45, 2.75) is 6.42 Å². The van der Waals surface area contributed by atoms with Gasteiger partial charge in [-0.05, 0) is 40.3 Å². The molecule has 0 bridgehead atoms. The molecular formula is C12H11N7O. The molecule has 2 aromatic heterocycles. The molecule has 0 aliphatic rings. The van der Waals surface area contributed by atoms with Crippen LogP contribution in [0, 0.1) is 0 Å². The van der Waals surface area contributed by atoms with E-state index in [9.17, 15) is 4.79 Å². The lowest BCUT2D eigenvalue weighted by Gasteiger charge is -2.06. The van der Waals surface area contributed by atoms with Crippen molar-refractivity contribution in [1.29, 1.82) is 0 Å². The Bertz CT molecular complexity index is 750. The first-order chi connectivity index (χ1) is 9.70. The fourth-order valence-electron chi connectivity index (χ4n) is 1.77. The van der Waals surface area contributed by atoms with Gasteiger partial charge in [0.1, 0.15) is 0 Å². The second-order valence-corrected chi connectivity index (χ2v) is 4.21. The zero-order valence-corrected chi connectivity index (χ0v) is 10.4. The fourth-order valence-corrected chi connectivity index (χ4v) is 1.77. The van der Waals surface area contributed by atoms with E-state index < -0.39 is 0 Å². The van der Waals surface area contributed by atoms with Crippen molar-refractivity contribution in [1.82, 2.24) is 25.3 Å². The first-order valence-corrected chi connectivity index (χ1v) is 5.90. The molecule has 3 N–H and O–H groups in total. The summed E-state index contributed by atoms with van der Waals surface area (Å²) >= 11 is 0. The lowest BCUT2D eigenvalue weighted by atomic mass is 10.1. The van der Waals surface area contributed by atoms with Crippen molar-refractivity contribution in [2.24, 2.45) is 5.73 Å². The van der Waals surface area contributed by atoms with Gasteiger partial charge in [-0.25, -0.2) is 0 Å². The summed E-state index contributed by atoms with van der Waals surface area (Å²) in [5.74, 6) is 0.268. The van der Waals surface area contributed by atoms with Crippen molar-refractivity contribution in [3.8, 4) is 0 Å². The number of carbonyl (C=O) groups is 1. The summed E-state index contributed by atoms with van der Waals surface area (Å²) in [6, 6.07) is 10.9. The molecule has 8 heteroatoms. The number of carbonyl (C=O) groups excluding carboxylic acids is 1. The average Bonchev–Trinajstić information content (AvgIpc) is 2.88. The SMILES string of the molecule is NC(=O)Cc1ccc(Nc2ccc3nnnn3n2)cc1. The van der Waals surface area contributed by atoms with Gasteiger partial charge in [0.15, 0.2) is 11.5 Å². The highest BCUT2D eigenvalue weighted by Gasteiger charge is 2.02. The summed E-state index contributed by atoms with van der Waals surface area (Å²) in [5, 5.41) is 18.3. The van der Waals surface area contributed by atoms with E-state index in [1.54, 1.807) is 12.1 Å². The Kier molecular flexibility index (Phi) is 2.96. The number of nitrogens with one attached hydrogen (secondary N) is 1. The number of nitrogens with two attached hydrogens (primary N) is 1. The van der Waals surface area contributed by atoms with Gasteiger partial charge in [0.2, 0.25) is 5.91 Å². The van der Waals surface area contributed by atoms with Gasteiger partial charge in [-0.15, -0.1) is 14.8 Å². The van der Waals surface area contributed by atoms with Gasteiger partial charge >= 0.3 is 0 Å². The van der Waals surface area contributed by atoms with E-state index in [1.807, 2.05) is 24.3 Å². The van der Waals surface area contributed by atoms with Crippen LogP contribution in [0.15, 0.2) is 36.4 Å². The van der Waals surface area contributed by atoms with Gasteiger partial charge in [0.25, 0.3) is 0 Å². The van der Waals surface area contributed by atoms with E-state index >= 15 is 0 Å². The minimum Gasteiger partial charge on any atom is -0.369 e. The Labute approximate surface area is 113 Å². The molecule has 2 heterocycles. The summed E-state index contributed by atoms with van der Waals surface area (Å²) in [4.78, 5) is 10.8. The second-order valence-electron chi connectivity index (χ2n) is 4.21. The fraction of sp³-hybridized carbons (Fsp3) is 0.0833. The van der Waals surface area contributed by atoms with Crippen molar-refractivity contribution in [2.75, 3.05) is 5.32 Å². The molecule has 0 unspecified atom stereocenters. The Morgan fingerprint density at radius 2 is 2.00 bits per heavy atom. The van der Waals surface area contributed by atoms with Gasteiger partial charge in [-0.3, -0.25) is 4.79 Å². The van der Waals surface area contributed by atoms with E-state index in [0.717, 1.165) is 11.3 Å². The number of aromatic nitrogens is 5. The molecule has 0 aliphatic heterocycles. The van der Waals surface area contributed by atoms with Crippen molar-refractivity contribution in [3.63, 3.8) is 0 Å². The zero-order valence-electron chi connectivity index (χ0n) is 10.4. The molecule has 0 radical (unpaired) electrons. The van der Waals surface area contributed by atoms with Crippen LogP contribution in [0.2, 0.25) is 0 Å². The normalized spacial score (nSPS) is 10.6. The van der Waals surface area contributed by atoms with E-state index in [1.165, 1.54) is 4.63 Å². The van der Waals surface area contributed by atoms with E-state index in [0.29, 0.717) is 11.5 Å². The average molecular weight is 269 g/mol. The second kappa shape index (κ2) is 4.92. The number of tetrazole rings is 1. The van der Waals surface area contributed by atoms with Crippen molar-refractivity contribution in [3.05, 3.63) is 42.0 Å². The third-order valence-electron chi connectivity index (χ3n) is 2.67. The van der Waals surface area contributed by atoms with E-state index in [-0.39, 0.29) is 12.3 Å². The van der Waals surface area contributed by atoms with Crippen LogP contribution in [0.25, 0.3) is 5.65 Å². The summed E-state index contributed by atoms with van der Waals surface area (Å²) in [6.07, 6.45) is 0.231. The van der Waals surface area contributed by atoms with Crippen molar-refractivity contribution >= 4 is 23.1 Å². The summed E-state index contributed by atoms with van der Waals surface area (Å²) in [6.45, 7) is 0. The number of anilines is 2. The number of hydrogen-bond acceptors (Lipinski definition) is 6. The molecule has 0 spiro atoms. The monoisotopic (exact) mass is 269 g/mol. The molecule has 100 valence electrons. The molecule has 0 saturated heterocycles. The van der Waals surface area contributed by atoms with Crippen LogP contribution in [0.1, 0.15) is 5.56 Å². The molecule has 0 saturated carbocycles. The number of amides is 1. The Hall–Kier alpha value is -3.03. The number of benzene rings is 1. The molecule has 0 aliphatic carbocycles. The molecule has 1 amide bonds. The van der Waals surface area contributed by atoms with Crippen LogP contribution in [0.4, 0.5) is 11.5 Å². The molecule has 3 aromatic rings. The first-order valence-electron chi connectivity index (χ1n) is 5.90. The van der Waals surface area contributed by atoms with Crippen LogP contribution in [0.3, 0.4) is 0 Å². The van der Waals surface area contributed by atoms with Crippen LogP contribution in [-0.2, 0) is 11.2 Å². The van der Waals surface area contributed by atoms with Gasteiger partial charge in [-0.2, -0.15) is 0 Å². The van der Waals surface area contributed by atoms with Gasteiger partial charge < -0.3 is 11.1 Å². The highest BCUT2D eigenvalue weighted by atomic mass is 16.1. The van der Waals surface area contributed by atoms with Gasteiger partial charge in [-0.1, -0.05) is 12.1 Å². The highest BCUT2D eigenvalue weighted by Crippen LogP contribution is 2.15. The summed E-state index contributed by atoms with van der Waals surface area (Å²) in [5.41, 5.74) is 7.43. The molecule has 0 fully saturated rings. The lowest BCUT2D eigenvalue weighted by Crippen LogP contribution is -2.13. The smallest absolute Gasteiger partial charge is 0.221 e. The maximum Gasteiger partial charge on any atom is 0.221 e. The number of nitrogens with zero attached hydrogens (tertiary/aromatic N) is 5. The van der Waals surface area contributed by atoms with Crippen LogP contribution >= 0.6 is 0 Å². The number of fused-ring (bicyclic) bond motifs is 1. The van der Waals surface area contributed by atoms with Gasteiger partial charge in [0.05, 0.1) is 6.42 Å². The zero-order chi connectivity index (χ0) is 13.9. The van der Waals surface area contributed by atoms with Crippen LogP contribution in [-0.4, -0.2) is 31.2 Å². The van der Waals surface area contributed by atoms with Crippen LogP contribution < -0.4 is 11.1 Å². The van der Waals surface area contributed by atoms with E-state index in [4.69, 9.17) is 5.73 Å². The van der Waals surface area contributed by atoms with Crippen LogP contribution in [0.5, 0.6) is 0 Å². The standard InChI is InChI=1S/C12H11N7O/c13-10(20)7-8-1-3-9(4-2-8)14-11-5-6-12-15-17-18-19(12)16-11/h1-6H,7H2,(H2,13,20)(H,14,16). The Balaban J connectivity index is 1.78. The number of primary amides is 1. The molecule has 3 rings (SSSR count).